The van der Waals surface area contributed by atoms with E-state index >= 15 is 0 Å². The van der Waals surface area contributed by atoms with E-state index in [0.29, 0.717) is 19.1 Å². The van der Waals surface area contributed by atoms with Gasteiger partial charge in [-0.15, -0.1) is 0 Å². The summed E-state index contributed by atoms with van der Waals surface area (Å²) in [5.41, 5.74) is 8.99. The van der Waals surface area contributed by atoms with Gasteiger partial charge in [0.25, 0.3) is 0 Å². The zero-order chi connectivity index (χ0) is 18.1. The number of fused-ring (bicyclic) bond motifs is 1. The molecule has 1 aliphatic heterocycles. The summed E-state index contributed by atoms with van der Waals surface area (Å²) in [6.45, 7) is 1.00. The Hall–Kier alpha value is -2.40. The lowest BCUT2D eigenvalue weighted by Crippen LogP contribution is -2.43. The molecule has 2 aromatic rings. The normalized spacial score (nSPS) is 24.5. The van der Waals surface area contributed by atoms with Crippen LogP contribution in [-0.2, 0) is 11.2 Å². The van der Waals surface area contributed by atoms with Crippen LogP contribution in [0.5, 0.6) is 0 Å². The van der Waals surface area contributed by atoms with E-state index in [9.17, 15) is 9.18 Å². The molecule has 26 heavy (non-hydrogen) atoms. The van der Waals surface area contributed by atoms with Crippen LogP contribution >= 0.6 is 0 Å². The summed E-state index contributed by atoms with van der Waals surface area (Å²) < 4.78 is 19.0. The van der Waals surface area contributed by atoms with Gasteiger partial charge in [-0.3, -0.25) is 4.90 Å². The van der Waals surface area contributed by atoms with Crippen LogP contribution in [0.25, 0.3) is 0 Å². The Labute approximate surface area is 152 Å². The first-order valence-electron chi connectivity index (χ1n) is 9.14. The molecule has 4 rings (SSSR count). The van der Waals surface area contributed by atoms with Crippen LogP contribution in [0.1, 0.15) is 35.6 Å². The molecule has 0 bridgehead atoms. The summed E-state index contributed by atoms with van der Waals surface area (Å²) >= 11 is 0. The van der Waals surface area contributed by atoms with E-state index in [4.69, 9.17) is 10.5 Å². The van der Waals surface area contributed by atoms with Crippen LogP contribution < -0.4 is 5.73 Å². The number of benzene rings is 2. The number of hydrogen-bond donors (Lipinski definition) is 1. The molecule has 2 aromatic carbocycles. The maximum atomic E-state index is 13.4. The van der Waals surface area contributed by atoms with Crippen molar-refractivity contribution in [3.8, 4) is 0 Å². The van der Waals surface area contributed by atoms with Gasteiger partial charge >= 0.3 is 6.09 Å². The molecule has 0 spiro atoms. The van der Waals surface area contributed by atoms with Gasteiger partial charge in [0.15, 0.2) is 0 Å². The van der Waals surface area contributed by atoms with Gasteiger partial charge in [-0.1, -0.05) is 36.4 Å². The van der Waals surface area contributed by atoms with Gasteiger partial charge in [0.1, 0.15) is 5.82 Å². The predicted octanol–water partition coefficient (Wildman–Crippen LogP) is 3.65. The van der Waals surface area contributed by atoms with E-state index in [0.717, 1.165) is 30.4 Å². The van der Waals surface area contributed by atoms with Crippen molar-refractivity contribution >= 4 is 6.09 Å². The molecule has 5 heteroatoms. The quantitative estimate of drug-likeness (QED) is 0.915. The first kappa shape index (κ1) is 17.0. The van der Waals surface area contributed by atoms with Crippen molar-refractivity contribution in [2.75, 3.05) is 13.2 Å². The molecule has 1 heterocycles. The molecule has 0 unspecified atom stereocenters. The van der Waals surface area contributed by atoms with Crippen LogP contribution in [-0.4, -0.2) is 30.2 Å². The summed E-state index contributed by atoms with van der Waals surface area (Å²) in [4.78, 5) is 14.5. The largest absolute Gasteiger partial charge is 0.449 e. The molecule has 1 aliphatic carbocycles. The number of nitrogens with two attached hydrogens (primary N) is 1. The molecule has 1 saturated carbocycles. The highest BCUT2D eigenvalue weighted by Gasteiger charge is 2.34. The van der Waals surface area contributed by atoms with Crippen molar-refractivity contribution in [2.24, 2.45) is 11.7 Å². The maximum absolute atomic E-state index is 13.4. The third kappa shape index (κ3) is 3.31. The Morgan fingerprint density at radius 3 is 2.62 bits per heavy atom. The highest BCUT2D eigenvalue weighted by molar-refractivity contribution is 5.70. The molecule has 1 amide bonds. The Kier molecular flexibility index (Phi) is 4.64. The van der Waals surface area contributed by atoms with Crippen molar-refractivity contribution < 1.29 is 13.9 Å². The zero-order valence-corrected chi connectivity index (χ0v) is 14.6. The Bertz CT molecular complexity index is 787. The molecule has 136 valence electrons. The Morgan fingerprint density at radius 2 is 1.88 bits per heavy atom. The number of nitrogens with zero attached hydrogens (tertiary/aromatic N) is 1. The topological polar surface area (TPSA) is 55.6 Å². The van der Waals surface area contributed by atoms with Gasteiger partial charge in [-0.05, 0) is 54.0 Å². The van der Waals surface area contributed by atoms with Gasteiger partial charge in [0, 0.05) is 12.6 Å². The van der Waals surface area contributed by atoms with Crippen LogP contribution in [0.15, 0.2) is 48.5 Å². The number of carbonyl (C=O) groups is 1. The fourth-order valence-corrected chi connectivity index (χ4v) is 3.96. The molecule has 4 nitrogen and oxygen atoms in total. The molecular formula is C21H23FN2O2. The molecule has 0 radical (unpaired) electrons. The molecular weight excluding hydrogens is 331 g/mol. The van der Waals surface area contributed by atoms with Gasteiger partial charge in [0.05, 0.1) is 12.6 Å². The van der Waals surface area contributed by atoms with Gasteiger partial charge in [-0.25, -0.2) is 9.18 Å². The van der Waals surface area contributed by atoms with Crippen LogP contribution in [0.4, 0.5) is 9.18 Å². The van der Waals surface area contributed by atoms with Crippen LogP contribution in [0.3, 0.4) is 0 Å². The van der Waals surface area contributed by atoms with E-state index in [1.165, 1.54) is 17.7 Å². The molecule has 2 N–H and O–H groups in total. The maximum Gasteiger partial charge on any atom is 0.410 e. The van der Waals surface area contributed by atoms with Crippen LogP contribution in [0.2, 0.25) is 0 Å². The van der Waals surface area contributed by atoms with E-state index in [1.807, 2.05) is 18.2 Å². The third-order valence-corrected chi connectivity index (χ3v) is 5.42. The van der Waals surface area contributed by atoms with Crippen LogP contribution in [0, 0.1) is 11.7 Å². The monoisotopic (exact) mass is 354 g/mol. The number of ether oxygens (including phenoxy) is 1. The average molecular weight is 354 g/mol. The van der Waals surface area contributed by atoms with Crippen molar-refractivity contribution in [1.82, 2.24) is 4.90 Å². The lowest BCUT2D eigenvalue weighted by atomic mass is 9.82. The predicted molar refractivity (Wildman–Crippen MR) is 97.1 cm³/mol. The standard InChI is InChI=1S/C21H23FN2O2/c22-17-7-5-16(6-8-17)20-19-4-2-1-3-15(19)9-10-24(20)21(25)26-13-14-11-18(23)12-14/h1-8,14,18,20H,9-13,23H2/t14?,18?,20-/m0/s1. The zero-order valence-electron chi connectivity index (χ0n) is 14.6. The molecule has 1 fully saturated rings. The van der Waals surface area contributed by atoms with Crippen molar-refractivity contribution in [2.45, 2.75) is 31.3 Å². The summed E-state index contributed by atoms with van der Waals surface area (Å²) in [5, 5.41) is 0. The number of halogens is 1. The minimum Gasteiger partial charge on any atom is -0.449 e. The average Bonchev–Trinajstić information content (AvgIpc) is 2.64. The third-order valence-electron chi connectivity index (χ3n) is 5.42. The first-order valence-corrected chi connectivity index (χ1v) is 9.14. The first-order chi connectivity index (χ1) is 12.6. The van der Waals surface area contributed by atoms with E-state index in [2.05, 4.69) is 6.07 Å². The fourth-order valence-electron chi connectivity index (χ4n) is 3.96. The second-order valence-corrected chi connectivity index (χ2v) is 7.27. The molecule has 0 saturated heterocycles. The number of rotatable bonds is 3. The summed E-state index contributed by atoms with van der Waals surface area (Å²) in [6, 6.07) is 14.5. The van der Waals surface area contributed by atoms with Gasteiger partial charge in [0.2, 0.25) is 0 Å². The number of carbonyl (C=O) groups excluding carboxylic acids is 1. The fraction of sp³-hybridized carbons (Fsp3) is 0.381. The lowest BCUT2D eigenvalue weighted by molar-refractivity contribution is 0.0578. The smallest absolute Gasteiger partial charge is 0.410 e. The highest BCUT2D eigenvalue weighted by atomic mass is 19.1. The summed E-state index contributed by atoms with van der Waals surface area (Å²) in [5.74, 6) is 0.0867. The minimum atomic E-state index is -0.311. The Balaban J connectivity index is 1.58. The second kappa shape index (κ2) is 7.08. The van der Waals surface area contributed by atoms with Crippen molar-refractivity contribution in [3.63, 3.8) is 0 Å². The summed E-state index contributed by atoms with van der Waals surface area (Å²) in [6.07, 6.45) is 2.31. The SMILES string of the molecule is NC1CC(COC(=O)N2CCc3ccccc3[C@@H]2c2ccc(F)cc2)C1. The van der Waals surface area contributed by atoms with Gasteiger partial charge in [-0.2, -0.15) is 0 Å². The van der Waals surface area contributed by atoms with Gasteiger partial charge < -0.3 is 10.5 Å². The summed E-state index contributed by atoms with van der Waals surface area (Å²) in [7, 11) is 0. The highest BCUT2D eigenvalue weighted by Crippen LogP contribution is 2.36. The Morgan fingerprint density at radius 1 is 1.15 bits per heavy atom. The second-order valence-electron chi connectivity index (χ2n) is 7.27. The molecule has 2 aliphatic rings. The van der Waals surface area contributed by atoms with E-state index in [1.54, 1.807) is 17.0 Å². The number of hydrogen-bond acceptors (Lipinski definition) is 3. The van der Waals surface area contributed by atoms with E-state index in [-0.39, 0.29) is 24.0 Å². The van der Waals surface area contributed by atoms with E-state index < -0.39 is 0 Å². The molecule has 1 atom stereocenters. The lowest BCUT2D eigenvalue weighted by Gasteiger charge is -2.38. The minimum absolute atomic E-state index is 0.243. The van der Waals surface area contributed by atoms with Crippen molar-refractivity contribution in [1.29, 1.82) is 0 Å². The van der Waals surface area contributed by atoms with Crippen molar-refractivity contribution in [3.05, 3.63) is 71.0 Å². The number of amides is 1. The molecule has 0 aromatic heterocycles.